The zero-order chi connectivity index (χ0) is 19.6. The molecule has 0 spiro atoms. The second-order valence-electron chi connectivity index (χ2n) is 6.19. The largest absolute Gasteiger partial charge is 0.493 e. The van der Waals surface area contributed by atoms with Gasteiger partial charge in [-0.15, -0.1) is 24.0 Å². The van der Waals surface area contributed by atoms with E-state index in [2.05, 4.69) is 33.7 Å². The normalized spacial score (nSPS) is 11.0. The van der Waals surface area contributed by atoms with Crippen molar-refractivity contribution in [3.8, 4) is 11.5 Å². The minimum atomic E-state index is 0. The van der Waals surface area contributed by atoms with Crippen molar-refractivity contribution in [3.05, 3.63) is 35.7 Å². The fourth-order valence-corrected chi connectivity index (χ4v) is 2.78. The van der Waals surface area contributed by atoms with Gasteiger partial charge in [0.25, 0.3) is 0 Å². The Hall–Kier alpha value is -1.97. The summed E-state index contributed by atoms with van der Waals surface area (Å²) in [5.74, 6) is 2.18. The van der Waals surface area contributed by atoms with Crippen LogP contribution in [0.1, 0.15) is 31.7 Å². The Bertz CT molecular complexity index is 761. The van der Waals surface area contributed by atoms with Crippen LogP contribution in [-0.4, -0.2) is 42.5 Å². The molecule has 2 aromatic rings. The van der Waals surface area contributed by atoms with E-state index in [0.29, 0.717) is 24.7 Å². The number of aryl methyl sites for hydroxylation is 3. The van der Waals surface area contributed by atoms with Gasteiger partial charge in [-0.3, -0.25) is 9.67 Å². The average Bonchev–Trinajstić information content (AvgIpc) is 2.96. The first kappa shape index (κ1) is 24.1. The number of methoxy groups -OCH3 is 1. The van der Waals surface area contributed by atoms with Gasteiger partial charge >= 0.3 is 0 Å². The van der Waals surface area contributed by atoms with Crippen LogP contribution < -0.4 is 20.1 Å². The molecule has 8 heteroatoms. The molecule has 0 amide bonds. The molecule has 0 radical (unpaired) electrons. The van der Waals surface area contributed by atoms with Gasteiger partial charge in [-0.25, -0.2) is 0 Å². The van der Waals surface area contributed by atoms with Crippen LogP contribution in [0.25, 0.3) is 0 Å². The molecule has 1 aromatic heterocycles. The summed E-state index contributed by atoms with van der Waals surface area (Å²) in [6.07, 6.45) is 0.922. The van der Waals surface area contributed by atoms with Crippen molar-refractivity contribution in [2.45, 2.75) is 40.7 Å². The van der Waals surface area contributed by atoms with Crippen LogP contribution in [0.5, 0.6) is 11.5 Å². The van der Waals surface area contributed by atoms with Crippen LogP contribution in [-0.2, 0) is 6.54 Å². The molecular formula is C20H32IN5O2. The van der Waals surface area contributed by atoms with Crippen LogP contribution in [0.4, 0.5) is 5.69 Å². The SMILES string of the molecule is CCNC(=NCCCn1nc(C)cc1C)Nc1ccc(OC)c(OCC)c1.I. The van der Waals surface area contributed by atoms with E-state index >= 15 is 0 Å². The number of anilines is 1. The molecule has 0 aliphatic carbocycles. The highest BCUT2D eigenvalue weighted by Crippen LogP contribution is 2.30. The summed E-state index contributed by atoms with van der Waals surface area (Å²) in [7, 11) is 1.64. The quantitative estimate of drug-likeness (QED) is 0.235. The predicted molar refractivity (Wildman–Crippen MR) is 125 cm³/mol. The lowest BCUT2D eigenvalue weighted by Gasteiger charge is -2.14. The number of guanidine groups is 1. The summed E-state index contributed by atoms with van der Waals surface area (Å²) in [6, 6.07) is 7.85. The minimum Gasteiger partial charge on any atom is -0.493 e. The predicted octanol–water partition coefficient (Wildman–Crippen LogP) is 3.99. The smallest absolute Gasteiger partial charge is 0.195 e. The Morgan fingerprint density at radius 3 is 2.57 bits per heavy atom. The summed E-state index contributed by atoms with van der Waals surface area (Å²) in [5.41, 5.74) is 3.14. The average molecular weight is 501 g/mol. The molecule has 0 saturated heterocycles. The molecule has 0 atom stereocenters. The molecule has 28 heavy (non-hydrogen) atoms. The molecule has 2 N–H and O–H groups in total. The van der Waals surface area contributed by atoms with E-state index < -0.39 is 0 Å². The van der Waals surface area contributed by atoms with E-state index in [0.717, 1.165) is 36.9 Å². The maximum Gasteiger partial charge on any atom is 0.195 e. The Labute approximate surface area is 184 Å². The third-order valence-corrected chi connectivity index (χ3v) is 3.97. The van der Waals surface area contributed by atoms with Gasteiger partial charge in [0.15, 0.2) is 17.5 Å². The van der Waals surface area contributed by atoms with E-state index in [-0.39, 0.29) is 24.0 Å². The van der Waals surface area contributed by atoms with Crippen LogP contribution in [0.15, 0.2) is 29.3 Å². The van der Waals surface area contributed by atoms with Gasteiger partial charge in [0, 0.05) is 37.1 Å². The van der Waals surface area contributed by atoms with Gasteiger partial charge < -0.3 is 20.1 Å². The molecular weight excluding hydrogens is 469 g/mol. The van der Waals surface area contributed by atoms with Crippen molar-refractivity contribution in [1.82, 2.24) is 15.1 Å². The third kappa shape index (κ3) is 7.21. The number of halogens is 1. The number of aromatic nitrogens is 2. The number of hydrogen-bond donors (Lipinski definition) is 2. The van der Waals surface area contributed by atoms with Crippen LogP contribution in [0.3, 0.4) is 0 Å². The molecule has 1 aromatic carbocycles. The van der Waals surface area contributed by atoms with Crippen LogP contribution in [0, 0.1) is 13.8 Å². The number of hydrogen-bond acceptors (Lipinski definition) is 4. The Morgan fingerprint density at radius 2 is 1.96 bits per heavy atom. The molecule has 1 heterocycles. The standard InChI is InChI=1S/C20H31N5O2.HI/c1-6-21-20(22-11-8-12-25-16(4)13-15(3)24-25)23-17-9-10-18(26-5)19(14-17)27-7-2;/h9-10,13-14H,6-8,11-12H2,1-5H3,(H2,21,22,23);1H. The van der Waals surface area contributed by atoms with Crippen molar-refractivity contribution < 1.29 is 9.47 Å². The summed E-state index contributed by atoms with van der Waals surface area (Å²) < 4.78 is 13.0. The maximum atomic E-state index is 5.64. The van der Waals surface area contributed by atoms with Crippen molar-refractivity contribution in [3.63, 3.8) is 0 Å². The summed E-state index contributed by atoms with van der Waals surface area (Å²) in [6.45, 7) is 11.0. The van der Waals surface area contributed by atoms with E-state index in [9.17, 15) is 0 Å². The first-order chi connectivity index (χ1) is 13.1. The Kier molecular flexibility index (Phi) is 10.7. The molecule has 0 fully saturated rings. The number of nitrogens with zero attached hydrogens (tertiary/aromatic N) is 3. The van der Waals surface area contributed by atoms with Crippen LogP contribution >= 0.6 is 24.0 Å². The Balaban J connectivity index is 0.00000392. The lowest BCUT2D eigenvalue weighted by molar-refractivity contribution is 0.311. The molecule has 156 valence electrons. The van der Waals surface area contributed by atoms with Gasteiger partial charge in [-0.1, -0.05) is 0 Å². The first-order valence-corrected chi connectivity index (χ1v) is 9.44. The van der Waals surface area contributed by atoms with Crippen LogP contribution in [0.2, 0.25) is 0 Å². The molecule has 2 rings (SSSR count). The lowest BCUT2D eigenvalue weighted by Crippen LogP contribution is -2.30. The van der Waals surface area contributed by atoms with Crippen molar-refractivity contribution >= 4 is 35.6 Å². The van der Waals surface area contributed by atoms with E-state index in [1.54, 1.807) is 7.11 Å². The lowest BCUT2D eigenvalue weighted by atomic mass is 10.2. The monoisotopic (exact) mass is 501 g/mol. The molecule has 0 aliphatic rings. The highest BCUT2D eigenvalue weighted by atomic mass is 127. The fraction of sp³-hybridized carbons (Fsp3) is 0.500. The summed E-state index contributed by atoms with van der Waals surface area (Å²) >= 11 is 0. The van der Waals surface area contributed by atoms with Crippen molar-refractivity contribution in [1.29, 1.82) is 0 Å². The number of aliphatic imine (C=N–C) groups is 1. The molecule has 0 unspecified atom stereocenters. The molecule has 0 saturated carbocycles. The first-order valence-electron chi connectivity index (χ1n) is 9.44. The highest BCUT2D eigenvalue weighted by Gasteiger charge is 2.07. The van der Waals surface area contributed by atoms with Gasteiger partial charge in [-0.05, 0) is 52.3 Å². The molecule has 7 nitrogen and oxygen atoms in total. The zero-order valence-corrected chi connectivity index (χ0v) is 19.7. The van der Waals surface area contributed by atoms with E-state index in [1.807, 2.05) is 43.7 Å². The number of nitrogens with one attached hydrogen (secondary N) is 2. The van der Waals surface area contributed by atoms with Gasteiger partial charge in [0.1, 0.15) is 0 Å². The van der Waals surface area contributed by atoms with Crippen molar-refractivity contribution in [2.24, 2.45) is 4.99 Å². The fourth-order valence-electron chi connectivity index (χ4n) is 2.78. The number of benzene rings is 1. The topological polar surface area (TPSA) is 72.7 Å². The maximum absolute atomic E-state index is 5.64. The highest BCUT2D eigenvalue weighted by molar-refractivity contribution is 14.0. The van der Waals surface area contributed by atoms with E-state index in [4.69, 9.17) is 9.47 Å². The molecule has 0 bridgehead atoms. The third-order valence-electron chi connectivity index (χ3n) is 3.97. The minimum absolute atomic E-state index is 0. The van der Waals surface area contributed by atoms with Crippen molar-refractivity contribution in [2.75, 3.05) is 32.1 Å². The second kappa shape index (κ2) is 12.5. The second-order valence-corrected chi connectivity index (χ2v) is 6.19. The zero-order valence-electron chi connectivity index (χ0n) is 17.4. The Morgan fingerprint density at radius 1 is 1.18 bits per heavy atom. The van der Waals surface area contributed by atoms with Gasteiger partial charge in [0.05, 0.1) is 19.4 Å². The molecule has 0 aliphatic heterocycles. The summed E-state index contributed by atoms with van der Waals surface area (Å²) in [5, 5.41) is 11.1. The summed E-state index contributed by atoms with van der Waals surface area (Å²) in [4.78, 5) is 4.66. The van der Waals surface area contributed by atoms with Gasteiger partial charge in [0.2, 0.25) is 0 Å². The number of ether oxygens (including phenoxy) is 2. The van der Waals surface area contributed by atoms with Gasteiger partial charge in [-0.2, -0.15) is 5.10 Å². The number of rotatable bonds is 9. The van der Waals surface area contributed by atoms with E-state index in [1.165, 1.54) is 5.69 Å².